The van der Waals surface area contributed by atoms with E-state index in [4.69, 9.17) is 17.4 Å². The smallest absolute Gasteiger partial charge is 0.238 e. The van der Waals surface area contributed by atoms with Gasteiger partial charge in [-0.15, -0.1) is 0 Å². The maximum atomic E-state index is 11.3. The molecule has 5 nitrogen and oxygen atoms in total. The summed E-state index contributed by atoms with van der Waals surface area (Å²) in [5.41, 5.74) is 3.16. The number of nitrogens with one attached hydrogen (secondary N) is 2. The maximum absolute atomic E-state index is 11.3. The Morgan fingerprint density at radius 1 is 1.12 bits per heavy atom. The summed E-state index contributed by atoms with van der Waals surface area (Å²) in [6.45, 7) is 4.20. The number of hydrogen-bond acceptors (Lipinski definition) is 3. The standard InChI is InChI=1S/C18H23N3O2S2/c1-3-4-14-5-7-15(8-6-14)13(2)20-18(24)21-16-9-11-17(12-10-16)25(19,22)23/h5-13H,3-4H2,1-2H3,(H2,19,22,23)(H2,20,21,24). The highest BCUT2D eigenvalue weighted by atomic mass is 32.2. The van der Waals surface area contributed by atoms with Crippen molar-refractivity contribution in [1.82, 2.24) is 5.32 Å². The van der Waals surface area contributed by atoms with E-state index in [0.29, 0.717) is 10.8 Å². The first-order chi connectivity index (χ1) is 11.8. The number of thiocarbonyl (C=S) groups is 1. The largest absolute Gasteiger partial charge is 0.356 e. The molecule has 0 saturated heterocycles. The van der Waals surface area contributed by atoms with Gasteiger partial charge in [0.2, 0.25) is 10.0 Å². The minimum atomic E-state index is -3.69. The molecular weight excluding hydrogens is 354 g/mol. The van der Waals surface area contributed by atoms with Gasteiger partial charge in [0.1, 0.15) is 0 Å². The van der Waals surface area contributed by atoms with Crippen molar-refractivity contribution in [2.75, 3.05) is 5.32 Å². The van der Waals surface area contributed by atoms with Crippen molar-refractivity contribution in [3.8, 4) is 0 Å². The number of primary sulfonamides is 1. The van der Waals surface area contributed by atoms with Crippen LogP contribution in [0.3, 0.4) is 0 Å². The second kappa shape index (κ2) is 8.42. The van der Waals surface area contributed by atoms with Crippen molar-refractivity contribution in [3.05, 3.63) is 59.7 Å². The predicted molar refractivity (Wildman–Crippen MR) is 106 cm³/mol. The molecule has 1 atom stereocenters. The van der Waals surface area contributed by atoms with Crippen LogP contribution in [0.1, 0.15) is 37.4 Å². The van der Waals surface area contributed by atoms with E-state index in [2.05, 4.69) is 41.8 Å². The molecule has 0 aliphatic carbocycles. The molecule has 0 radical (unpaired) electrons. The van der Waals surface area contributed by atoms with Crippen LogP contribution in [0.15, 0.2) is 53.4 Å². The minimum Gasteiger partial charge on any atom is -0.356 e. The Hall–Kier alpha value is -1.96. The van der Waals surface area contributed by atoms with Crippen LogP contribution >= 0.6 is 12.2 Å². The summed E-state index contributed by atoms with van der Waals surface area (Å²) >= 11 is 5.32. The number of aryl methyl sites for hydroxylation is 1. The Bertz CT molecular complexity index is 816. The zero-order chi connectivity index (χ0) is 18.4. The average Bonchev–Trinajstić information content (AvgIpc) is 2.55. The van der Waals surface area contributed by atoms with Crippen LogP contribution in [-0.2, 0) is 16.4 Å². The summed E-state index contributed by atoms with van der Waals surface area (Å²) in [6.07, 6.45) is 2.21. The van der Waals surface area contributed by atoms with Crippen molar-refractivity contribution in [1.29, 1.82) is 0 Å². The minimum absolute atomic E-state index is 0.0550. The third-order valence-electron chi connectivity index (χ3n) is 3.81. The van der Waals surface area contributed by atoms with E-state index in [1.54, 1.807) is 12.1 Å². The van der Waals surface area contributed by atoms with E-state index in [1.165, 1.54) is 17.7 Å². The molecule has 0 saturated carbocycles. The van der Waals surface area contributed by atoms with E-state index in [9.17, 15) is 8.42 Å². The first-order valence-electron chi connectivity index (χ1n) is 8.09. The van der Waals surface area contributed by atoms with Crippen LogP contribution in [0.2, 0.25) is 0 Å². The van der Waals surface area contributed by atoms with Crippen molar-refractivity contribution in [2.24, 2.45) is 5.14 Å². The number of nitrogens with two attached hydrogens (primary N) is 1. The third kappa shape index (κ3) is 5.81. The summed E-state index contributed by atoms with van der Waals surface area (Å²) in [6, 6.07) is 14.7. The number of sulfonamides is 1. The van der Waals surface area contributed by atoms with Gasteiger partial charge in [-0.2, -0.15) is 0 Å². The Morgan fingerprint density at radius 3 is 2.24 bits per heavy atom. The number of benzene rings is 2. The van der Waals surface area contributed by atoms with Crippen LogP contribution in [-0.4, -0.2) is 13.5 Å². The molecule has 2 rings (SSSR count). The van der Waals surface area contributed by atoms with Crippen LogP contribution < -0.4 is 15.8 Å². The second-order valence-corrected chi connectivity index (χ2v) is 7.85. The van der Waals surface area contributed by atoms with Gasteiger partial charge in [0.25, 0.3) is 0 Å². The molecule has 1 unspecified atom stereocenters. The van der Waals surface area contributed by atoms with Crippen molar-refractivity contribution in [2.45, 2.75) is 37.6 Å². The lowest BCUT2D eigenvalue weighted by Gasteiger charge is -2.18. The van der Waals surface area contributed by atoms with E-state index in [1.807, 2.05) is 6.92 Å². The van der Waals surface area contributed by atoms with Gasteiger partial charge in [-0.05, 0) is 61.0 Å². The van der Waals surface area contributed by atoms with Gasteiger partial charge in [0.05, 0.1) is 10.9 Å². The monoisotopic (exact) mass is 377 g/mol. The summed E-state index contributed by atoms with van der Waals surface area (Å²) in [7, 11) is -3.69. The zero-order valence-electron chi connectivity index (χ0n) is 14.3. The van der Waals surface area contributed by atoms with Gasteiger partial charge in [-0.3, -0.25) is 0 Å². The number of anilines is 1. The Kier molecular flexibility index (Phi) is 6.52. The SMILES string of the molecule is CCCc1ccc(C(C)NC(=S)Nc2ccc(S(N)(=O)=O)cc2)cc1. The van der Waals surface area contributed by atoms with E-state index < -0.39 is 10.0 Å². The van der Waals surface area contributed by atoms with Crippen LogP contribution in [0, 0.1) is 0 Å². The summed E-state index contributed by atoms with van der Waals surface area (Å²) < 4.78 is 22.5. The molecule has 134 valence electrons. The van der Waals surface area contributed by atoms with Crippen molar-refractivity contribution in [3.63, 3.8) is 0 Å². The highest BCUT2D eigenvalue weighted by Crippen LogP contribution is 2.16. The molecule has 0 amide bonds. The van der Waals surface area contributed by atoms with Crippen molar-refractivity contribution >= 4 is 33.0 Å². The van der Waals surface area contributed by atoms with Crippen LogP contribution in [0.4, 0.5) is 5.69 Å². The fourth-order valence-electron chi connectivity index (χ4n) is 2.44. The molecule has 0 fully saturated rings. The lowest BCUT2D eigenvalue weighted by Crippen LogP contribution is -2.30. The molecule has 0 spiro atoms. The van der Waals surface area contributed by atoms with Gasteiger partial charge in [-0.1, -0.05) is 37.6 Å². The van der Waals surface area contributed by atoms with E-state index in [-0.39, 0.29) is 10.9 Å². The predicted octanol–water partition coefficient (Wildman–Crippen LogP) is 3.33. The van der Waals surface area contributed by atoms with Crippen molar-refractivity contribution < 1.29 is 8.42 Å². The Morgan fingerprint density at radius 2 is 1.72 bits per heavy atom. The summed E-state index contributed by atoms with van der Waals surface area (Å²) in [4.78, 5) is 0.0671. The zero-order valence-corrected chi connectivity index (χ0v) is 16.0. The Labute approximate surface area is 154 Å². The summed E-state index contributed by atoms with van der Waals surface area (Å²) in [5, 5.41) is 11.8. The van der Waals surface area contributed by atoms with Gasteiger partial charge < -0.3 is 10.6 Å². The highest BCUT2D eigenvalue weighted by Gasteiger charge is 2.09. The lowest BCUT2D eigenvalue weighted by atomic mass is 10.0. The number of hydrogen-bond donors (Lipinski definition) is 3. The third-order valence-corrected chi connectivity index (χ3v) is 4.96. The topological polar surface area (TPSA) is 84.2 Å². The molecule has 0 aromatic heterocycles. The first kappa shape index (κ1) is 19.4. The van der Waals surface area contributed by atoms with E-state index >= 15 is 0 Å². The van der Waals surface area contributed by atoms with Crippen LogP contribution in [0.5, 0.6) is 0 Å². The highest BCUT2D eigenvalue weighted by molar-refractivity contribution is 7.89. The summed E-state index contributed by atoms with van der Waals surface area (Å²) in [5.74, 6) is 0. The molecular formula is C18H23N3O2S2. The van der Waals surface area contributed by atoms with Gasteiger partial charge in [-0.25, -0.2) is 13.6 Å². The molecule has 2 aromatic carbocycles. The van der Waals surface area contributed by atoms with E-state index in [0.717, 1.165) is 18.4 Å². The molecule has 7 heteroatoms. The molecule has 25 heavy (non-hydrogen) atoms. The molecule has 4 N–H and O–H groups in total. The normalized spacial score (nSPS) is 12.4. The Balaban J connectivity index is 1.95. The van der Waals surface area contributed by atoms with Gasteiger partial charge >= 0.3 is 0 Å². The quantitative estimate of drug-likeness (QED) is 0.673. The maximum Gasteiger partial charge on any atom is 0.238 e. The van der Waals surface area contributed by atoms with Crippen LogP contribution in [0.25, 0.3) is 0 Å². The van der Waals surface area contributed by atoms with Gasteiger partial charge in [0, 0.05) is 5.69 Å². The number of rotatable bonds is 6. The fraction of sp³-hybridized carbons (Fsp3) is 0.278. The molecule has 0 bridgehead atoms. The second-order valence-electron chi connectivity index (χ2n) is 5.88. The first-order valence-corrected chi connectivity index (χ1v) is 10.0. The fourth-order valence-corrected chi connectivity index (χ4v) is 3.25. The molecule has 0 aliphatic heterocycles. The average molecular weight is 378 g/mol. The lowest BCUT2D eigenvalue weighted by molar-refractivity contribution is 0.598. The molecule has 0 aliphatic rings. The molecule has 2 aromatic rings. The van der Waals surface area contributed by atoms with Gasteiger partial charge in [0.15, 0.2) is 5.11 Å². The molecule has 0 heterocycles.